The van der Waals surface area contributed by atoms with Gasteiger partial charge in [0.25, 0.3) is 5.79 Å². The zero-order valence-electron chi connectivity index (χ0n) is 27.2. The van der Waals surface area contributed by atoms with E-state index in [-0.39, 0.29) is 26.1 Å². The Morgan fingerprint density at radius 1 is 1.09 bits per heavy atom. The standard InChI is InChI=1S/C33H44O13/c1-8-15(2)23(35)44-18-12-17(34)30-14-43-32(40-7,25(36)39-6)24(30)28(4)22(20-21(30)27(18,3)13-42-20)46-29(5)16-11-19(33(28,29)38)45-26-31(16,37)9-10-41-26/h8-10,16-22,24,26,34,37-38H,11-14H2,1-7H3/b15-8+/t16-,17+,18-,19+,20-,21+,22-,24+,26+,27-,28-,29-,30+,31+,32+,33+/m1/s1. The van der Waals surface area contributed by atoms with E-state index in [0.717, 1.165) is 0 Å². The maximum atomic E-state index is 13.9. The minimum atomic E-state index is -2.06. The van der Waals surface area contributed by atoms with E-state index in [9.17, 15) is 24.9 Å². The zero-order chi connectivity index (χ0) is 33.0. The molecule has 0 aromatic rings. The summed E-state index contributed by atoms with van der Waals surface area (Å²) in [6.07, 6.45) is -0.620. The van der Waals surface area contributed by atoms with Crippen LogP contribution in [0.2, 0.25) is 0 Å². The minimum Gasteiger partial charge on any atom is -0.469 e. The summed E-state index contributed by atoms with van der Waals surface area (Å²) in [6, 6.07) is 0. The van der Waals surface area contributed by atoms with Crippen LogP contribution in [0, 0.1) is 34.0 Å². The quantitative estimate of drug-likeness (QED) is 0.289. The molecule has 13 heteroatoms. The van der Waals surface area contributed by atoms with Crippen molar-refractivity contribution >= 4 is 11.9 Å². The summed E-state index contributed by atoms with van der Waals surface area (Å²) in [4.78, 5) is 27.0. The van der Waals surface area contributed by atoms with Crippen LogP contribution in [0.4, 0.5) is 0 Å². The molecule has 1 spiro atoms. The summed E-state index contributed by atoms with van der Waals surface area (Å²) in [5, 5.41) is 37.8. The monoisotopic (exact) mass is 648 g/mol. The van der Waals surface area contributed by atoms with Gasteiger partial charge in [-0.2, -0.15) is 0 Å². The van der Waals surface area contributed by atoms with Crippen LogP contribution in [-0.2, 0) is 47.5 Å². The molecule has 4 saturated heterocycles. The summed E-state index contributed by atoms with van der Waals surface area (Å²) >= 11 is 0. The van der Waals surface area contributed by atoms with Gasteiger partial charge < -0.3 is 53.2 Å². The Kier molecular flexibility index (Phi) is 6.18. The maximum absolute atomic E-state index is 13.9. The van der Waals surface area contributed by atoms with Crippen LogP contribution >= 0.6 is 0 Å². The number of rotatable bonds is 4. The molecule has 2 bridgehead atoms. The van der Waals surface area contributed by atoms with Crippen LogP contribution in [0.3, 0.4) is 0 Å². The third-order valence-corrected chi connectivity index (χ3v) is 14.0. The number of carbonyl (C=O) groups excluding carboxylic acids is 2. The summed E-state index contributed by atoms with van der Waals surface area (Å²) in [7, 11) is 2.58. The van der Waals surface area contributed by atoms with E-state index >= 15 is 0 Å². The minimum absolute atomic E-state index is 0.0347. The van der Waals surface area contributed by atoms with Crippen LogP contribution < -0.4 is 0 Å². The van der Waals surface area contributed by atoms with Crippen molar-refractivity contribution in [3.05, 3.63) is 24.0 Å². The molecule has 8 aliphatic rings. The van der Waals surface area contributed by atoms with E-state index in [1.54, 1.807) is 26.8 Å². The van der Waals surface area contributed by atoms with Crippen LogP contribution in [0.5, 0.6) is 0 Å². The molecular weight excluding hydrogens is 604 g/mol. The number of hydrogen-bond acceptors (Lipinski definition) is 13. The molecule has 13 nitrogen and oxygen atoms in total. The Labute approximate surface area is 267 Å². The van der Waals surface area contributed by atoms with Gasteiger partial charge in [-0.05, 0) is 33.3 Å². The number of esters is 2. The lowest BCUT2D eigenvalue weighted by Crippen LogP contribution is -2.78. The number of carbonyl (C=O) groups is 2. The van der Waals surface area contributed by atoms with Crippen molar-refractivity contribution in [3.8, 4) is 0 Å². The number of ether oxygens (including phenoxy) is 8. The fourth-order valence-corrected chi connectivity index (χ4v) is 12.0. The van der Waals surface area contributed by atoms with Crippen molar-refractivity contribution in [2.24, 2.45) is 34.0 Å². The molecule has 0 aromatic carbocycles. The van der Waals surface area contributed by atoms with Gasteiger partial charge in [0, 0.05) is 53.1 Å². The second-order valence-electron chi connectivity index (χ2n) is 15.3. The number of allylic oxidation sites excluding steroid dienone is 1. The van der Waals surface area contributed by atoms with Crippen molar-refractivity contribution < 1.29 is 62.8 Å². The van der Waals surface area contributed by atoms with Crippen LogP contribution in [0.25, 0.3) is 0 Å². The van der Waals surface area contributed by atoms with Gasteiger partial charge in [-0.3, -0.25) is 0 Å². The molecule has 16 atom stereocenters. The summed E-state index contributed by atoms with van der Waals surface area (Å²) < 4.78 is 49.7. The van der Waals surface area contributed by atoms with Gasteiger partial charge in [0.1, 0.15) is 17.3 Å². The molecule has 46 heavy (non-hydrogen) atoms. The predicted molar refractivity (Wildman–Crippen MR) is 153 cm³/mol. The molecule has 0 unspecified atom stereocenters. The third kappa shape index (κ3) is 2.96. The summed E-state index contributed by atoms with van der Waals surface area (Å²) in [5.41, 5.74) is -8.01. The van der Waals surface area contributed by atoms with Gasteiger partial charge in [0.15, 0.2) is 5.60 Å². The highest BCUT2D eigenvalue weighted by Crippen LogP contribution is 2.80. The van der Waals surface area contributed by atoms with Crippen LogP contribution in [0.1, 0.15) is 47.5 Å². The van der Waals surface area contributed by atoms with Crippen LogP contribution in [-0.4, -0.2) is 114 Å². The van der Waals surface area contributed by atoms with Gasteiger partial charge in [-0.25, -0.2) is 9.59 Å². The fraction of sp³-hybridized carbons (Fsp3) is 0.818. The summed E-state index contributed by atoms with van der Waals surface area (Å²) in [6.45, 7) is 9.02. The van der Waals surface area contributed by atoms with Gasteiger partial charge in [0.05, 0.1) is 51.0 Å². The number of methoxy groups -OCH3 is 2. The SMILES string of the molecule is C/C=C(\C)C(=O)O[C@@H]1C[C@H](O)[C@]23CO[C@](OC)(C(=O)OC)[C@H]2[C@@]2(C)[C@H](O[C@]4(C)[C@H]5C[C@H](O[C@@H]6OC=C[C@@]65O)[C@]24O)[C@@H]2OC[C@@]1(C)[C@H]23. The second-order valence-corrected chi connectivity index (χ2v) is 15.3. The molecule has 3 saturated carbocycles. The Bertz CT molecular complexity index is 1450. The largest absolute Gasteiger partial charge is 0.469 e. The van der Waals surface area contributed by atoms with E-state index in [2.05, 4.69) is 0 Å². The number of aliphatic hydroxyl groups is 3. The maximum Gasteiger partial charge on any atom is 0.366 e. The molecular formula is C33H44O13. The van der Waals surface area contributed by atoms with E-state index in [1.807, 2.05) is 13.8 Å². The molecule has 8 rings (SSSR count). The molecule has 0 aromatic heterocycles. The fourth-order valence-electron chi connectivity index (χ4n) is 12.0. The Hall–Kier alpha value is -2.10. The highest BCUT2D eigenvalue weighted by Gasteiger charge is 2.93. The molecule has 254 valence electrons. The van der Waals surface area contributed by atoms with Crippen molar-refractivity contribution in [3.63, 3.8) is 0 Å². The van der Waals surface area contributed by atoms with E-state index in [1.165, 1.54) is 26.6 Å². The molecule has 5 aliphatic heterocycles. The number of fused-ring (bicyclic) bond motifs is 11. The number of aliphatic hydroxyl groups excluding tert-OH is 1. The van der Waals surface area contributed by atoms with Gasteiger partial charge >= 0.3 is 11.9 Å². The zero-order valence-corrected chi connectivity index (χ0v) is 27.2. The second kappa shape index (κ2) is 9.12. The Morgan fingerprint density at radius 2 is 1.83 bits per heavy atom. The van der Waals surface area contributed by atoms with Crippen molar-refractivity contribution in [2.45, 2.75) is 107 Å². The Balaban J connectivity index is 1.35. The molecule has 5 heterocycles. The third-order valence-electron chi connectivity index (χ3n) is 14.0. The smallest absolute Gasteiger partial charge is 0.366 e. The topological polar surface area (TPSA) is 169 Å². The predicted octanol–water partition coefficient (Wildman–Crippen LogP) is 0.727. The van der Waals surface area contributed by atoms with Crippen LogP contribution in [0.15, 0.2) is 24.0 Å². The highest BCUT2D eigenvalue weighted by molar-refractivity contribution is 5.87. The highest BCUT2D eigenvalue weighted by atomic mass is 16.7. The first-order valence-electron chi connectivity index (χ1n) is 16.1. The van der Waals surface area contributed by atoms with Gasteiger partial charge in [0.2, 0.25) is 6.29 Å². The molecule has 7 fully saturated rings. The average Bonchev–Trinajstić information content (AvgIpc) is 3.79. The number of hydrogen-bond donors (Lipinski definition) is 3. The molecule has 3 aliphatic carbocycles. The lowest BCUT2D eigenvalue weighted by atomic mass is 9.37. The molecule has 0 radical (unpaired) electrons. The molecule has 3 N–H and O–H groups in total. The van der Waals surface area contributed by atoms with Crippen molar-refractivity contribution in [2.75, 3.05) is 27.4 Å². The Morgan fingerprint density at radius 3 is 2.50 bits per heavy atom. The average molecular weight is 649 g/mol. The van der Waals surface area contributed by atoms with Gasteiger partial charge in [-0.15, -0.1) is 0 Å². The normalized spacial score (nSPS) is 58.8. The first kappa shape index (κ1) is 31.2. The lowest BCUT2D eigenvalue weighted by Gasteiger charge is -2.66. The van der Waals surface area contributed by atoms with E-state index in [0.29, 0.717) is 5.57 Å². The summed E-state index contributed by atoms with van der Waals surface area (Å²) in [5.74, 6) is -5.68. The first-order valence-corrected chi connectivity index (χ1v) is 16.1. The molecule has 0 amide bonds. The van der Waals surface area contributed by atoms with E-state index in [4.69, 9.17) is 37.9 Å². The lowest BCUT2D eigenvalue weighted by molar-refractivity contribution is -0.317. The van der Waals surface area contributed by atoms with Crippen molar-refractivity contribution in [1.82, 2.24) is 0 Å². The van der Waals surface area contributed by atoms with Crippen molar-refractivity contribution in [1.29, 1.82) is 0 Å². The van der Waals surface area contributed by atoms with Gasteiger partial charge in [-0.1, -0.05) is 19.9 Å². The first-order chi connectivity index (χ1) is 21.6. The van der Waals surface area contributed by atoms with E-state index < -0.39 is 105 Å².